The lowest BCUT2D eigenvalue weighted by Crippen LogP contribution is -2.10. The molecule has 16 heavy (non-hydrogen) atoms. The number of hydrogen-bond acceptors (Lipinski definition) is 4. The van der Waals surface area contributed by atoms with Crippen molar-refractivity contribution >= 4 is 0 Å². The molecule has 2 N–H and O–H groups in total. The second kappa shape index (κ2) is 7.19. The van der Waals surface area contributed by atoms with Gasteiger partial charge >= 0.3 is 0 Å². The fraction of sp³-hybridized carbons (Fsp3) is 0.583. The summed E-state index contributed by atoms with van der Waals surface area (Å²) in [4.78, 5) is 4.18. The molecule has 0 spiro atoms. The Morgan fingerprint density at radius 2 is 2.12 bits per heavy atom. The highest BCUT2D eigenvalue weighted by atomic mass is 16.5. The van der Waals surface area contributed by atoms with Gasteiger partial charge in [-0.1, -0.05) is 6.92 Å². The molecule has 0 aliphatic rings. The van der Waals surface area contributed by atoms with Crippen molar-refractivity contribution in [3.63, 3.8) is 0 Å². The highest BCUT2D eigenvalue weighted by Crippen LogP contribution is 2.17. The molecular weight excluding hydrogens is 204 g/mol. The molecule has 0 saturated heterocycles. The van der Waals surface area contributed by atoms with Gasteiger partial charge in [-0.25, -0.2) is 0 Å². The van der Waals surface area contributed by atoms with E-state index in [1.165, 1.54) is 0 Å². The van der Waals surface area contributed by atoms with Crippen molar-refractivity contribution < 1.29 is 9.47 Å². The summed E-state index contributed by atoms with van der Waals surface area (Å²) < 4.78 is 10.9. The van der Waals surface area contributed by atoms with Crippen LogP contribution in [0.4, 0.5) is 0 Å². The van der Waals surface area contributed by atoms with Crippen LogP contribution in [0.1, 0.15) is 24.6 Å². The third-order valence-electron chi connectivity index (χ3n) is 2.13. The molecule has 0 atom stereocenters. The molecule has 0 aliphatic carbocycles. The highest BCUT2D eigenvalue weighted by molar-refractivity contribution is 5.32. The van der Waals surface area contributed by atoms with Crippen LogP contribution in [-0.2, 0) is 11.3 Å². The van der Waals surface area contributed by atoms with Gasteiger partial charge in [-0.3, -0.25) is 4.98 Å². The predicted octanol–water partition coefficient (Wildman–Crippen LogP) is 1.65. The molecule has 1 aromatic heterocycles. The molecule has 0 amide bonds. The zero-order valence-corrected chi connectivity index (χ0v) is 10.0. The quantitative estimate of drug-likeness (QED) is 0.715. The summed E-state index contributed by atoms with van der Waals surface area (Å²) >= 11 is 0. The topological polar surface area (TPSA) is 57.4 Å². The maximum Gasteiger partial charge on any atom is 0.127 e. The number of nitrogens with zero attached hydrogens (tertiary/aromatic N) is 1. The summed E-state index contributed by atoms with van der Waals surface area (Å²) in [5.41, 5.74) is 7.47. The lowest BCUT2D eigenvalue weighted by molar-refractivity contribution is 0.100. The van der Waals surface area contributed by atoms with E-state index in [1.54, 1.807) is 6.20 Å². The van der Waals surface area contributed by atoms with E-state index >= 15 is 0 Å². The monoisotopic (exact) mass is 224 g/mol. The van der Waals surface area contributed by atoms with Gasteiger partial charge in [-0.05, 0) is 13.3 Å². The first-order valence-electron chi connectivity index (χ1n) is 5.64. The van der Waals surface area contributed by atoms with E-state index in [0.717, 1.165) is 30.0 Å². The van der Waals surface area contributed by atoms with Crippen LogP contribution >= 0.6 is 0 Å². The molecule has 1 aromatic rings. The Morgan fingerprint density at radius 1 is 1.31 bits per heavy atom. The number of aromatic nitrogens is 1. The Bertz CT molecular complexity index is 316. The van der Waals surface area contributed by atoms with Crippen molar-refractivity contribution in [1.82, 2.24) is 4.98 Å². The molecule has 0 saturated carbocycles. The third-order valence-corrected chi connectivity index (χ3v) is 2.13. The lowest BCUT2D eigenvalue weighted by atomic mass is 10.2. The lowest BCUT2D eigenvalue weighted by Gasteiger charge is -2.10. The van der Waals surface area contributed by atoms with Gasteiger partial charge in [0.1, 0.15) is 12.4 Å². The molecular formula is C12H20N2O2. The smallest absolute Gasteiger partial charge is 0.127 e. The molecule has 0 radical (unpaired) electrons. The molecule has 1 rings (SSSR count). The van der Waals surface area contributed by atoms with Crippen LogP contribution in [0.3, 0.4) is 0 Å². The number of hydrogen-bond donors (Lipinski definition) is 1. The molecule has 0 unspecified atom stereocenters. The predicted molar refractivity (Wildman–Crippen MR) is 63.5 cm³/mol. The second-order valence-electron chi connectivity index (χ2n) is 3.60. The average molecular weight is 224 g/mol. The zero-order chi connectivity index (χ0) is 11.8. The molecule has 1 heterocycles. The third kappa shape index (κ3) is 4.16. The molecule has 0 aromatic carbocycles. The van der Waals surface area contributed by atoms with Gasteiger partial charge in [0, 0.05) is 36.7 Å². The molecule has 4 heteroatoms. The van der Waals surface area contributed by atoms with Crippen molar-refractivity contribution in [1.29, 1.82) is 0 Å². The summed E-state index contributed by atoms with van der Waals surface area (Å²) in [6.45, 7) is 6.40. The second-order valence-corrected chi connectivity index (χ2v) is 3.60. The fourth-order valence-corrected chi connectivity index (χ4v) is 1.31. The molecule has 0 fully saturated rings. The number of ether oxygens (including phenoxy) is 2. The van der Waals surface area contributed by atoms with E-state index in [1.807, 2.05) is 13.0 Å². The van der Waals surface area contributed by atoms with Crippen molar-refractivity contribution in [2.75, 3.05) is 19.8 Å². The largest absolute Gasteiger partial charge is 0.491 e. The summed E-state index contributed by atoms with van der Waals surface area (Å²) in [6.07, 6.45) is 2.79. The van der Waals surface area contributed by atoms with Crippen molar-refractivity contribution in [3.05, 3.63) is 23.5 Å². The van der Waals surface area contributed by atoms with Gasteiger partial charge in [-0.15, -0.1) is 0 Å². The fourth-order valence-electron chi connectivity index (χ4n) is 1.31. The number of nitrogens with two attached hydrogens (primary N) is 1. The van der Waals surface area contributed by atoms with E-state index in [9.17, 15) is 0 Å². The molecule has 0 aliphatic heterocycles. The van der Waals surface area contributed by atoms with E-state index in [2.05, 4.69) is 11.9 Å². The van der Waals surface area contributed by atoms with E-state index in [4.69, 9.17) is 15.2 Å². The Kier molecular flexibility index (Phi) is 5.82. The van der Waals surface area contributed by atoms with Crippen LogP contribution in [0.2, 0.25) is 0 Å². The Balaban J connectivity index is 2.42. The first kappa shape index (κ1) is 12.9. The van der Waals surface area contributed by atoms with Gasteiger partial charge < -0.3 is 15.2 Å². The molecule has 0 bridgehead atoms. The highest BCUT2D eigenvalue weighted by Gasteiger charge is 2.03. The van der Waals surface area contributed by atoms with E-state index in [-0.39, 0.29) is 0 Å². The number of rotatable bonds is 7. The van der Waals surface area contributed by atoms with Gasteiger partial charge in [0.05, 0.1) is 6.61 Å². The summed E-state index contributed by atoms with van der Waals surface area (Å²) in [5.74, 6) is 0.815. The van der Waals surface area contributed by atoms with Crippen molar-refractivity contribution in [2.45, 2.75) is 26.8 Å². The van der Waals surface area contributed by atoms with Gasteiger partial charge in [0.25, 0.3) is 0 Å². The van der Waals surface area contributed by atoms with Crippen LogP contribution in [0.15, 0.2) is 12.3 Å². The summed E-state index contributed by atoms with van der Waals surface area (Å²) in [5, 5.41) is 0. The van der Waals surface area contributed by atoms with Gasteiger partial charge in [-0.2, -0.15) is 0 Å². The van der Waals surface area contributed by atoms with E-state index in [0.29, 0.717) is 19.8 Å². The maximum atomic E-state index is 5.61. The van der Waals surface area contributed by atoms with Crippen LogP contribution in [0.25, 0.3) is 0 Å². The first-order chi connectivity index (χ1) is 7.77. The maximum absolute atomic E-state index is 5.61. The minimum atomic E-state index is 0.443. The van der Waals surface area contributed by atoms with Gasteiger partial charge in [0.15, 0.2) is 0 Å². The van der Waals surface area contributed by atoms with Crippen LogP contribution in [-0.4, -0.2) is 24.8 Å². The Labute approximate surface area is 96.8 Å². The van der Waals surface area contributed by atoms with Crippen molar-refractivity contribution in [3.8, 4) is 5.75 Å². The standard InChI is InChI=1S/C12H20N2O2/c1-3-4-15-5-6-16-12-7-10(2)14-9-11(12)8-13/h7,9H,3-6,8,13H2,1-2H3. The minimum Gasteiger partial charge on any atom is -0.491 e. The Hall–Kier alpha value is -1.13. The summed E-state index contributed by atoms with van der Waals surface area (Å²) in [6, 6.07) is 1.90. The minimum absolute atomic E-state index is 0.443. The zero-order valence-electron chi connectivity index (χ0n) is 10.0. The van der Waals surface area contributed by atoms with Crippen LogP contribution < -0.4 is 10.5 Å². The number of pyridine rings is 1. The molecule has 4 nitrogen and oxygen atoms in total. The first-order valence-corrected chi connectivity index (χ1v) is 5.64. The summed E-state index contributed by atoms with van der Waals surface area (Å²) in [7, 11) is 0. The van der Waals surface area contributed by atoms with Crippen molar-refractivity contribution in [2.24, 2.45) is 5.73 Å². The normalized spacial score (nSPS) is 10.4. The average Bonchev–Trinajstić information content (AvgIpc) is 2.29. The number of aryl methyl sites for hydroxylation is 1. The van der Waals surface area contributed by atoms with Crippen LogP contribution in [0, 0.1) is 6.92 Å². The Morgan fingerprint density at radius 3 is 2.81 bits per heavy atom. The van der Waals surface area contributed by atoms with Gasteiger partial charge in [0.2, 0.25) is 0 Å². The molecule has 90 valence electrons. The van der Waals surface area contributed by atoms with E-state index < -0.39 is 0 Å². The SMILES string of the molecule is CCCOCCOc1cc(C)ncc1CN. The van der Waals surface area contributed by atoms with Crippen LogP contribution in [0.5, 0.6) is 5.75 Å².